The van der Waals surface area contributed by atoms with Crippen LogP contribution in [0, 0.1) is 35.5 Å². The van der Waals surface area contributed by atoms with Gasteiger partial charge in [0, 0.05) is 34.8 Å². The van der Waals surface area contributed by atoms with Gasteiger partial charge in [0.1, 0.15) is 0 Å². The van der Waals surface area contributed by atoms with Gasteiger partial charge in [-0.3, -0.25) is 9.59 Å². The molecule has 0 saturated heterocycles. The highest BCUT2D eigenvalue weighted by Gasteiger charge is 2.57. The van der Waals surface area contributed by atoms with E-state index < -0.39 is 0 Å². The predicted molar refractivity (Wildman–Crippen MR) is 70.1 cm³/mol. The zero-order chi connectivity index (χ0) is 12.7. The Hall–Kier alpha value is -1.44. The molecule has 19 heavy (non-hydrogen) atoms. The fourth-order valence-corrected chi connectivity index (χ4v) is 5.23. The quantitative estimate of drug-likeness (QED) is 0.621. The molecule has 0 amide bonds. The summed E-state index contributed by atoms with van der Waals surface area (Å²) < 4.78 is 0. The van der Waals surface area contributed by atoms with Crippen molar-refractivity contribution < 1.29 is 9.59 Å². The van der Waals surface area contributed by atoms with E-state index in [2.05, 4.69) is 24.3 Å². The SMILES string of the molecule is O=C1C2=C(C(=O)[C@H]3[C@@H]1[C@H]1C=C[C@@H]3C1)[C@@H]1C=C[C@H]2CC1. The number of carbonyl (C=O) groups is 2. The Morgan fingerprint density at radius 1 is 0.737 bits per heavy atom. The first-order valence-electron chi connectivity index (χ1n) is 7.45. The molecule has 0 heterocycles. The third-order valence-corrected chi connectivity index (χ3v) is 5.99. The van der Waals surface area contributed by atoms with E-state index in [1.165, 1.54) is 0 Å². The highest BCUT2D eigenvalue weighted by molar-refractivity contribution is 6.16. The molecule has 1 fully saturated rings. The number of ketones is 2. The molecule has 6 aliphatic carbocycles. The molecule has 2 nitrogen and oxygen atoms in total. The lowest BCUT2D eigenvalue weighted by Gasteiger charge is -2.42. The Bertz CT molecular complexity index is 557. The summed E-state index contributed by atoms with van der Waals surface area (Å²) >= 11 is 0. The molecular weight excluding hydrogens is 236 g/mol. The minimum atomic E-state index is -0.0194. The zero-order valence-corrected chi connectivity index (χ0v) is 10.7. The van der Waals surface area contributed by atoms with Crippen molar-refractivity contribution in [2.24, 2.45) is 35.5 Å². The van der Waals surface area contributed by atoms with Gasteiger partial charge >= 0.3 is 0 Å². The summed E-state index contributed by atoms with van der Waals surface area (Å²) in [4.78, 5) is 25.8. The van der Waals surface area contributed by atoms with Crippen LogP contribution in [0.25, 0.3) is 0 Å². The average molecular weight is 252 g/mol. The molecule has 0 N–H and O–H groups in total. The molecule has 4 bridgehead atoms. The topological polar surface area (TPSA) is 34.1 Å². The molecule has 0 radical (unpaired) electrons. The van der Waals surface area contributed by atoms with Crippen molar-refractivity contribution in [2.75, 3.05) is 0 Å². The molecule has 0 spiro atoms. The molecule has 0 aromatic rings. The zero-order valence-electron chi connectivity index (χ0n) is 10.7. The Labute approximate surface area is 112 Å². The molecule has 0 aromatic carbocycles. The standard InChI is InChI=1S/C17H16O2/c18-16-12-8-1-2-9(4-3-8)13(12)17(19)15-11-6-5-10(7-11)14(15)16/h1-2,5-6,8-11,14-15H,3-4,7H2/t8-,9+,10-,11+,14-,15+. The molecule has 0 aromatic heterocycles. The number of carbonyl (C=O) groups excluding carboxylic acids is 2. The van der Waals surface area contributed by atoms with Gasteiger partial charge < -0.3 is 0 Å². The molecule has 1 saturated carbocycles. The van der Waals surface area contributed by atoms with Crippen LogP contribution >= 0.6 is 0 Å². The van der Waals surface area contributed by atoms with Crippen molar-refractivity contribution >= 4 is 11.6 Å². The second-order valence-electron chi connectivity index (χ2n) is 6.73. The van der Waals surface area contributed by atoms with Crippen molar-refractivity contribution in [3.05, 3.63) is 35.5 Å². The van der Waals surface area contributed by atoms with E-state index >= 15 is 0 Å². The first-order chi connectivity index (χ1) is 9.25. The molecule has 0 aliphatic heterocycles. The van der Waals surface area contributed by atoms with Crippen molar-refractivity contribution in [2.45, 2.75) is 19.3 Å². The van der Waals surface area contributed by atoms with E-state index in [0.717, 1.165) is 30.4 Å². The molecule has 96 valence electrons. The Balaban J connectivity index is 1.71. The van der Waals surface area contributed by atoms with Crippen molar-refractivity contribution in [1.29, 1.82) is 0 Å². The number of rotatable bonds is 0. The number of hydrogen-bond acceptors (Lipinski definition) is 2. The molecule has 6 aliphatic rings. The summed E-state index contributed by atoms with van der Waals surface area (Å²) in [6.45, 7) is 0. The van der Waals surface area contributed by atoms with Crippen LogP contribution in [0.15, 0.2) is 35.5 Å². The van der Waals surface area contributed by atoms with E-state index in [9.17, 15) is 9.59 Å². The van der Waals surface area contributed by atoms with Gasteiger partial charge in [-0.1, -0.05) is 24.3 Å². The van der Waals surface area contributed by atoms with Crippen LogP contribution in [-0.2, 0) is 9.59 Å². The highest BCUT2D eigenvalue weighted by atomic mass is 16.1. The van der Waals surface area contributed by atoms with Gasteiger partial charge in [0.15, 0.2) is 11.6 Å². The lowest BCUT2D eigenvalue weighted by atomic mass is 9.59. The third kappa shape index (κ3) is 1.06. The van der Waals surface area contributed by atoms with Gasteiger partial charge in [-0.25, -0.2) is 0 Å². The van der Waals surface area contributed by atoms with E-state index in [0.29, 0.717) is 23.4 Å². The van der Waals surface area contributed by atoms with Crippen LogP contribution in [0.5, 0.6) is 0 Å². The molecule has 0 unspecified atom stereocenters. The van der Waals surface area contributed by atoms with E-state index in [4.69, 9.17) is 0 Å². The van der Waals surface area contributed by atoms with E-state index in [1.54, 1.807) is 0 Å². The minimum Gasteiger partial charge on any atom is -0.294 e. The normalized spacial score (nSPS) is 49.1. The fraction of sp³-hybridized carbons (Fsp3) is 0.529. The summed E-state index contributed by atoms with van der Waals surface area (Å²) in [6, 6.07) is 0. The summed E-state index contributed by atoms with van der Waals surface area (Å²) in [5.74, 6) is 1.74. The number of allylic oxidation sites excluding steroid dienone is 6. The van der Waals surface area contributed by atoms with Crippen molar-refractivity contribution in [1.82, 2.24) is 0 Å². The summed E-state index contributed by atoms with van der Waals surface area (Å²) in [7, 11) is 0. The largest absolute Gasteiger partial charge is 0.294 e. The first kappa shape index (κ1) is 10.4. The summed E-state index contributed by atoms with van der Waals surface area (Å²) in [6.07, 6.45) is 11.8. The Morgan fingerprint density at radius 2 is 1.21 bits per heavy atom. The maximum absolute atomic E-state index is 12.9. The first-order valence-corrected chi connectivity index (χ1v) is 7.45. The van der Waals surface area contributed by atoms with Crippen LogP contribution in [0.2, 0.25) is 0 Å². The predicted octanol–water partition coefficient (Wildman–Crippen LogP) is 2.47. The van der Waals surface area contributed by atoms with Crippen molar-refractivity contribution in [3.8, 4) is 0 Å². The average Bonchev–Trinajstić information content (AvgIpc) is 3.06. The van der Waals surface area contributed by atoms with E-state index in [-0.39, 0.29) is 23.7 Å². The van der Waals surface area contributed by atoms with Crippen LogP contribution < -0.4 is 0 Å². The molecule has 6 atom stereocenters. The minimum absolute atomic E-state index is 0.0194. The number of fused-ring (bicyclic) bond motifs is 6. The smallest absolute Gasteiger partial charge is 0.164 e. The second-order valence-corrected chi connectivity index (χ2v) is 6.73. The van der Waals surface area contributed by atoms with Crippen LogP contribution in [0.3, 0.4) is 0 Å². The van der Waals surface area contributed by atoms with Gasteiger partial charge in [-0.05, 0) is 31.1 Å². The molecule has 6 rings (SSSR count). The third-order valence-electron chi connectivity index (χ3n) is 5.99. The van der Waals surface area contributed by atoms with Gasteiger partial charge in [-0.15, -0.1) is 0 Å². The van der Waals surface area contributed by atoms with E-state index in [1.807, 2.05) is 0 Å². The summed E-state index contributed by atoms with van der Waals surface area (Å²) in [5.41, 5.74) is 1.82. The van der Waals surface area contributed by atoms with Crippen LogP contribution in [0.4, 0.5) is 0 Å². The fourth-order valence-electron chi connectivity index (χ4n) is 5.23. The number of Topliss-reactive ketones (excluding diaryl/α,β-unsaturated/α-hetero) is 2. The monoisotopic (exact) mass is 252 g/mol. The van der Waals surface area contributed by atoms with Gasteiger partial charge in [0.05, 0.1) is 0 Å². The lowest BCUT2D eigenvalue weighted by molar-refractivity contribution is -0.132. The van der Waals surface area contributed by atoms with Crippen LogP contribution in [0.1, 0.15) is 19.3 Å². The van der Waals surface area contributed by atoms with Crippen molar-refractivity contribution in [3.63, 3.8) is 0 Å². The van der Waals surface area contributed by atoms with Crippen LogP contribution in [-0.4, -0.2) is 11.6 Å². The Morgan fingerprint density at radius 3 is 1.63 bits per heavy atom. The maximum atomic E-state index is 12.9. The van der Waals surface area contributed by atoms with Gasteiger partial charge in [-0.2, -0.15) is 0 Å². The molecular formula is C17H16O2. The number of hydrogen-bond donors (Lipinski definition) is 0. The molecule has 2 heteroatoms. The van der Waals surface area contributed by atoms with Gasteiger partial charge in [0.25, 0.3) is 0 Å². The lowest BCUT2D eigenvalue weighted by Crippen LogP contribution is -2.45. The maximum Gasteiger partial charge on any atom is 0.164 e. The Kier molecular flexibility index (Phi) is 1.73. The summed E-state index contributed by atoms with van der Waals surface area (Å²) in [5, 5.41) is 0. The highest BCUT2D eigenvalue weighted by Crippen LogP contribution is 2.56. The second kappa shape index (κ2) is 3.17. The van der Waals surface area contributed by atoms with Gasteiger partial charge in [0.2, 0.25) is 0 Å².